The third-order valence-electron chi connectivity index (χ3n) is 3.47. The molecule has 2 unspecified atom stereocenters. The van der Waals surface area contributed by atoms with E-state index >= 15 is 0 Å². The number of nitrogens with zero attached hydrogens (tertiary/aromatic N) is 3. The van der Waals surface area contributed by atoms with Gasteiger partial charge in [-0.1, -0.05) is 6.92 Å². The Hall–Kier alpha value is -0.870. The normalized spacial score (nSPS) is 26.4. The van der Waals surface area contributed by atoms with Gasteiger partial charge in [-0.15, -0.1) is 0 Å². The molecule has 90 valence electrons. The summed E-state index contributed by atoms with van der Waals surface area (Å²) in [5.74, 6) is 0. The molecule has 0 bridgehead atoms. The molecule has 4 nitrogen and oxygen atoms in total. The molecule has 1 fully saturated rings. The smallest absolute Gasteiger partial charge is 0.0534 e. The molecule has 0 spiro atoms. The van der Waals surface area contributed by atoms with Crippen LogP contribution in [0.2, 0.25) is 0 Å². The molecule has 1 aliphatic heterocycles. The van der Waals surface area contributed by atoms with E-state index < -0.39 is 0 Å². The van der Waals surface area contributed by atoms with E-state index in [0.717, 1.165) is 32.5 Å². The zero-order valence-corrected chi connectivity index (χ0v) is 10.3. The lowest BCUT2D eigenvalue weighted by Crippen LogP contribution is -2.36. The fourth-order valence-electron chi connectivity index (χ4n) is 2.33. The van der Waals surface area contributed by atoms with Gasteiger partial charge in [0.15, 0.2) is 0 Å². The molecule has 2 rings (SSSR count). The third kappa shape index (κ3) is 2.44. The number of aromatic nitrogens is 2. The molecule has 0 aliphatic carbocycles. The van der Waals surface area contributed by atoms with E-state index in [1.807, 2.05) is 10.9 Å². The molecular weight excluding hydrogens is 200 g/mol. The van der Waals surface area contributed by atoms with Crippen molar-refractivity contribution in [2.45, 2.75) is 51.9 Å². The van der Waals surface area contributed by atoms with Crippen LogP contribution in [0.5, 0.6) is 0 Å². The second-order valence-electron chi connectivity index (χ2n) is 4.78. The van der Waals surface area contributed by atoms with Gasteiger partial charge < -0.3 is 5.73 Å². The van der Waals surface area contributed by atoms with Crippen LogP contribution in [-0.4, -0.2) is 33.3 Å². The van der Waals surface area contributed by atoms with Crippen LogP contribution in [-0.2, 0) is 13.1 Å². The molecule has 2 heterocycles. The maximum Gasteiger partial charge on any atom is 0.0534 e. The van der Waals surface area contributed by atoms with Crippen molar-refractivity contribution in [3.05, 3.63) is 18.0 Å². The van der Waals surface area contributed by atoms with Crippen LogP contribution in [0.25, 0.3) is 0 Å². The average molecular weight is 222 g/mol. The van der Waals surface area contributed by atoms with Gasteiger partial charge >= 0.3 is 0 Å². The number of nitrogens with two attached hydrogens (primary N) is 1. The van der Waals surface area contributed by atoms with Gasteiger partial charge in [-0.05, 0) is 19.8 Å². The monoisotopic (exact) mass is 222 g/mol. The summed E-state index contributed by atoms with van der Waals surface area (Å²) in [5, 5.41) is 4.35. The van der Waals surface area contributed by atoms with Gasteiger partial charge in [0, 0.05) is 43.5 Å². The topological polar surface area (TPSA) is 47.1 Å². The van der Waals surface area contributed by atoms with E-state index in [1.54, 1.807) is 0 Å². The highest BCUT2D eigenvalue weighted by Crippen LogP contribution is 2.18. The van der Waals surface area contributed by atoms with E-state index in [4.69, 9.17) is 5.73 Å². The molecule has 1 aliphatic rings. The predicted octanol–water partition coefficient (Wildman–Crippen LogP) is 1.21. The largest absolute Gasteiger partial charge is 0.326 e. The molecular formula is C12H22N4. The van der Waals surface area contributed by atoms with Gasteiger partial charge in [-0.3, -0.25) is 9.58 Å². The Morgan fingerprint density at radius 2 is 2.38 bits per heavy atom. The van der Waals surface area contributed by atoms with Crippen LogP contribution in [0.15, 0.2) is 12.4 Å². The molecule has 1 saturated heterocycles. The first-order valence-electron chi connectivity index (χ1n) is 6.21. The summed E-state index contributed by atoms with van der Waals surface area (Å²) in [5.41, 5.74) is 7.31. The Kier molecular flexibility index (Phi) is 3.61. The lowest BCUT2D eigenvalue weighted by atomic mass is 10.1. The molecule has 0 aromatic carbocycles. The Balaban J connectivity index is 1.93. The van der Waals surface area contributed by atoms with E-state index in [1.165, 1.54) is 5.56 Å². The minimum absolute atomic E-state index is 0.339. The fourth-order valence-corrected chi connectivity index (χ4v) is 2.33. The van der Waals surface area contributed by atoms with Crippen molar-refractivity contribution in [3.8, 4) is 0 Å². The van der Waals surface area contributed by atoms with Crippen LogP contribution < -0.4 is 5.73 Å². The number of hydrogen-bond acceptors (Lipinski definition) is 3. The molecule has 1 aromatic rings. The summed E-state index contributed by atoms with van der Waals surface area (Å²) >= 11 is 0. The highest BCUT2D eigenvalue weighted by molar-refractivity contribution is 5.05. The molecule has 0 amide bonds. The quantitative estimate of drug-likeness (QED) is 0.833. The van der Waals surface area contributed by atoms with Crippen molar-refractivity contribution in [2.75, 3.05) is 6.54 Å². The third-order valence-corrected chi connectivity index (χ3v) is 3.47. The van der Waals surface area contributed by atoms with Crippen LogP contribution in [0, 0.1) is 0 Å². The summed E-state index contributed by atoms with van der Waals surface area (Å²) in [6, 6.07) is 0.834. The van der Waals surface area contributed by atoms with E-state index in [0.29, 0.717) is 12.1 Å². The molecule has 0 saturated carbocycles. The first kappa shape index (κ1) is 11.6. The Morgan fingerprint density at radius 3 is 3.00 bits per heavy atom. The van der Waals surface area contributed by atoms with Crippen molar-refractivity contribution in [1.29, 1.82) is 0 Å². The van der Waals surface area contributed by atoms with E-state index in [2.05, 4.69) is 30.0 Å². The van der Waals surface area contributed by atoms with Crippen molar-refractivity contribution in [1.82, 2.24) is 14.7 Å². The maximum atomic E-state index is 6.01. The second kappa shape index (κ2) is 4.97. The average Bonchev–Trinajstić information content (AvgIpc) is 2.82. The fraction of sp³-hybridized carbons (Fsp3) is 0.750. The van der Waals surface area contributed by atoms with E-state index in [-0.39, 0.29) is 0 Å². The van der Waals surface area contributed by atoms with Crippen LogP contribution in [0.4, 0.5) is 0 Å². The Labute approximate surface area is 97.4 Å². The SMILES string of the molecule is CCCn1cc(CN2CCC(N)C2C)cn1. The summed E-state index contributed by atoms with van der Waals surface area (Å²) < 4.78 is 2.02. The number of rotatable bonds is 4. The number of likely N-dealkylation sites (tertiary alicyclic amines) is 1. The first-order chi connectivity index (χ1) is 7.70. The number of aryl methyl sites for hydroxylation is 1. The van der Waals surface area contributed by atoms with Crippen molar-refractivity contribution >= 4 is 0 Å². The van der Waals surface area contributed by atoms with Crippen molar-refractivity contribution < 1.29 is 0 Å². The second-order valence-corrected chi connectivity index (χ2v) is 4.78. The Morgan fingerprint density at radius 1 is 1.56 bits per heavy atom. The highest BCUT2D eigenvalue weighted by Gasteiger charge is 2.27. The summed E-state index contributed by atoms with van der Waals surface area (Å²) in [4.78, 5) is 2.44. The van der Waals surface area contributed by atoms with Gasteiger partial charge in [-0.25, -0.2) is 0 Å². The molecule has 16 heavy (non-hydrogen) atoms. The summed E-state index contributed by atoms with van der Waals surface area (Å²) in [6.07, 6.45) is 6.38. The van der Waals surface area contributed by atoms with Crippen LogP contribution >= 0.6 is 0 Å². The lowest BCUT2D eigenvalue weighted by Gasteiger charge is -2.21. The zero-order chi connectivity index (χ0) is 11.5. The highest BCUT2D eigenvalue weighted by atomic mass is 15.3. The van der Waals surface area contributed by atoms with Gasteiger partial charge in [0.05, 0.1) is 6.20 Å². The zero-order valence-electron chi connectivity index (χ0n) is 10.3. The molecule has 1 aromatic heterocycles. The Bertz CT molecular complexity index is 334. The van der Waals surface area contributed by atoms with Crippen molar-refractivity contribution in [3.63, 3.8) is 0 Å². The van der Waals surface area contributed by atoms with Gasteiger partial charge in [0.2, 0.25) is 0 Å². The minimum atomic E-state index is 0.339. The predicted molar refractivity (Wildman–Crippen MR) is 65.0 cm³/mol. The van der Waals surface area contributed by atoms with E-state index in [9.17, 15) is 0 Å². The molecule has 4 heteroatoms. The van der Waals surface area contributed by atoms with Gasteiger partial charge in [-0.2, -0.15) is 5.10 Å². The maximum absolute atomic E-state index is 6.01. The number of hydrogen-bond donors (Lipinski definition) is 1. The first-order valence-corrected chi connectivity index (χ1v) is 6.21. The minimum Gasteiger partial charge on any atom is -0.326 e. The summed E-state index contributed by atoms with van der Waals surface area (Å²) in [6.45, 7) is 7.49. The van der Waals surface area contributed by atoms with Crippen LogP contribution in [0.1, 0.15) is 32.3 Å². The van der Waals surface area contributed by atoms with Gasteiger partial charge in [0.1, 0.15) is 0 Å². The molecule has 2 atom stereocenters. The van der Waals surface area contributed by atoms with Crippen molar-refractivity contribution in [2.24, 2.45) is 5.73 Å². The lowest BCUT2D eigenvalue weighted by molar-refractivity contribution is 0.251. The standard InChI is InChI=1S/C12H22N4/c1-3-5-16-9-11(7-14-16)8-15-6-4-12(13)10(15)2/h7,9-10,12H,3-6,8,13H2,1-2H3. The molecule has 2 N–H and O–H groups in total. The van der Waals surface area contributed by atoms with Gasteiger partial charge in [0.25, 0.3) is 0 Å². The van der Waals surface area contributed by atoms with Crippen LogP contribution in [0.3, 0.4) is 0 Å². The molecule has 0 radical (unpaired) electrons. The summed E-state index contributed by atoms with van der Waals surface area (Å²) in [7, 11) is 0.